The zero-order chi connectivity index (χ0) is 19.6. The number of hydrogen-bond acceptors (Lipinski definition) is 4. The maximum atomic E-state index is 11.9. The largest absolute Gasteiger partial charge is 0.461 e. The summed E-state index contributed by atoms with van der Waals surface area (Å²) in [5.41, 5.74) is 1.30. The Morgan fingerprint density at radius 1 is 0.889 bits per heavy atom. The topological polar surface area (TPSA) is 72.5 Å². The van der Waals surface area contributed by atoms with Crippen molar-refractivity contribution in [1.29, 1.82) is 0 Å². The fourth-order valence-corrected chi connectivity index (χ4v) is 2.57. The molecule has 0 aliphatic carbocycles. The fraction of sp³-hybridized carbons (Fsp3) is 0.250. The normalized spacial score (nSPS) is 10.3. The number of ketones is 1. The summed E-state index contributed by atoms with van der Waals surface area (Å²) in [5, 5.41) is 3.43. The highest BCUT2D eigenvalue weighted by atomic mass is 35.5. The lowest BCUT2D eigenvalue weighted by atomic mass is 10.1. The molecule has 0 saturated carbocycles. The highest BCUT2D eigenvalue weighted by Gasteiger charge is 2.10. The van der Waals surface area contributed by atoms with E-state index in [4.69, 9.17) is 27.9 Å². The molecule has 0 aliphatic rings. The number of carbonyl (C=O) groups excluding carboxylic acids is 3. The van der Waals surface area contributed by atoms with Crippen LogP contribution in [0.5, 0.6) is 0 Å². The van der Waals surface area contributed by atoms with Gasteiger partial charge in [-0.3, -0.25) is 14.4 Å². The first-order valence-electron chi connectivity index (χ1n) is 8.40. The van der Waals surface area contributed by atoms with E-state index in [0.717, 1.165) is 5.56 Å². The van der Waals surface area contributed by atoms with Gasteiger partial charge in [0.1, 0.15) is 6.61 Å². The van der Waals surface area contributed by atoms with Gasteiger partial charge in [0.2, 0.25) is 5.91 Å². The summed E-state index contributed by atoms with van der Waals surface area (Å²) in [7, 11) is 0. The molecule has 27 heavy (non-hydrogen) atoms. The van der Waals surface area contributed by atoms with Gasteiger partial charge in [-0.25, -0.2) is 0 Å². The lowest BCUT2D eigenvalue weighted by Gasteiger charge is -2.07. The standard InChI is InChI=1S/C20H19Cl2NO4/c21-16-7-6-14(12-17(16)22)13-27-20(26)10-11-23-19(25)9-8-18(24)15-4-2-1-3-5-15/h1-7,12H,8-11,13H2,(H,23,25). The molecule has 0 spiro atoms. The number of halogens is 2. The van der Waals surface area contributed by atoms with E-state index >= 15 is 0 Å². The molecule has 0 radical (unpaired) electrons. The van der Waals surface area contributed by atoms with Crippen molar-refractivity contribution in [2.24, 2.45) is 0 Å². The van der Waals surface area contributed by atoms with Crippen molar-refractivity contribution in [3.05, 3.63) is 69.7 Å². The van der Waals surface area contributed by atoms with E-state index in [1.54, 1.807) is 42.5 Å². The van der Waals surface area contributed by atoms with Crippen LogP contribution in [-0.2, 0) is 20.9 Å². The van der Waals surface area contributed by atoms with Crippen molar-refractivity contribution >= 4 is 40.9 Å². The van der Waals surface area contributed by atoms with E-state index in [-0.39, 0.29) is 44.1 Å². The summed E-state index contributed by atoms with van der Waals surface area (Å²) in [4.78, 5) is 35.4. The predicted molar refractivity (Wildman–Crippen MR) is 104 cm³/mol. The number of amides is 1. The van der Waals surface area contributed by atoms with Gasteiger partial charge in [-0.05, 0) is 17.7 Å². The average molecular weight is 408 g/mol. The Hall–Kier alpha value is -2.37. The van der Waals surface area contributed by atoms with E-state index in [2.05, 4.69) is 5.32 Å². The average Bonchev–Trinajstić information content (AvgIpc) is 2.67. The highest BCUT2D eigenvalue weighted by molar-refractivity contribution is 6.42. The molecule has 0 atom stereocenters. The molecule has 0 saturated heterocycles. The van der Waals surface area contributed by atoms with E-state index in [9.17, 15) is 14.4 Å². The predicted octanol–water partition coefficient (Wildman–Crippen LogP) is 4.21. The minimum absolute atomic E-state index is 0.0414. The molecule has 0 aliphatic heterocycles. The van der Waals surface area contributed by atoms with Crippen LogP contribution in [0.4, 0.5) is 0 Å². The molecule has 0 fully saturated rings. The van der Waals surface area contributed by atoms with Gasteiger partial charge in [-0.2, -0.15) is 0 Å². The van der Waals surface area contributed by atoms with Gasteiger partial charge >= 0.3 is 5.97 Å². The van der Waals surface area contributed by atoms with Crippen LogP contribution >= 0.6 is 23.2 Å². The van der Waals surface area contributed by atoms with Crippen molar-refractivity contribution in [2.45, 2.75) is 25.9 Å². The van der Waals surface area contributed by atoms with Gasteiger partial charge in [-0.15, -0.1) is 0 Å². The van der Waals surface area contributed by atoms with Crippen LogP contribution in [0, 0.1) is 0 Å². The molecule has 2 aromatic rings. The molecule has 142 valence electrons. The summed E-state index contributed by atoms with van der Waals surface area (Å²) in [6, 6.07) is 13.8. The quantitative estimate of drug-likeness (QED) is 0.499. The Kier molecular flexibility index (Phi) is 8.30. The SMILES string of the molecule is O=C(CCC(=O)c1ccccc1)NCCC(=O)OCc1ccc(Cl)c(Cl)c1. The lowest BCUT2D eigenvalue weighted by Crippen LogP contribution is -2.26. The van der Waals surface area contributed by atoms with Gasteiger partial charge in [0.25, 0.3) is 0 Å². The van der Waals surface area contributed by atoms with E-state index in [0.29, 0.717) is 15.6 Å². The third-order valence-corrected chi connectivity index (χ3v) is 4.45. The van der Waals surface area contributed by atoms with Crippen LogP contribution < -0.4 is 5.32 Å². The van der Waals surface area contributed by atoms with Crippen LogP contribution in [0.3, 0.4) is 0 Å². The van der Waals surface area contributed by atoms with Crippen LogP contribution in [-0.4, -0.2) is 24.2 Å². The second kappa shape index (κ2) is 10.7. The maximum absolute atomic E-state index is 11.9. The molecule has 0 unspecified atom stereocenters. The number of esters is 1. The fourth-order valence-electron chi connectivity index (χ4n) is 2.25. The van der Waals surface area contributed by atoms with Gasteiger partial charge in [0.05, 0.1) is 16.5 Å². The van der Waals surface area contributed by atoms with Crippen molar-refractivity contribution in [3.63, 3.8) is 0 Å². The Labute approximate surface area is 167 Å². The number of benzene rings is 2. The van der Waals surface area contributed by atoms with Crippen molar-refractivity contribution in [3.8, 4) is 0 Å². The van der Waals surface area contributed by atoms with E-state index < -0.39 is 5.97 Å². The van der Waals surface area contributed by atoms with E-state index in [1.165, 1.54) is 0 Å². The minimum Gasteiger partial charge on any atom is -0.461 e. The Bertz CT molecular complexity index is 809. The Morgan fingerprint density at radius 3 is 2.33 bits per heavy atom. The highest BCUT2D eigenvalue weighted by Crippen LogP contribution is 2.22. The second-order valence-corrected chi connectivity index (χ2v) is 6.61. The van der Waals surface area contributed by atoms with Gasteiger partial charge in [0, 0.05) is 24.9 Å². The number of Topliss-reactive ketones (excluding diaryl/α,β-unsaturated/α-hetero) is 1. The maximum Gasteiger partial charge on any atom is 0.307 e. The molecule has 7 heteroatoms. The summed E-state index contributed by atoms with van der Waals surface area (Å²) < 4.78 is 5.11. The van der Waals surface area contributed by atoms with Crippen molar-refractivity contribution in [1.82, 2.24) is 5.32 Å². The summed E-state index contributed by atoms with van der Waals surface area (Å²) in [6.45, 7) is 0.230. The molecule has 1 amide bonds. The smallest absolute Gasteiger partial charge is 0.307 e. The molecule has 1 N–H and O–H groups in total. The third-order valence-electron chi connectivity index (χ3n) is 3.71. The zero-order valence-electron chi connectivity index (χ0n) is 14.5. The van der Waals surface area contributed by atoms with Crippen LogP contribution in [0.2, 0.25) is 10.0 Å². The minimum atomic E-state index is -0.443. The monoisotopic (exact) mass is 407 g/mol. The Morgan fingerprint density at radius 2 is 1.63 bits per heavy atom. The first kappa shape index (κ1) is 20.9. The van der Waals surface area contributed by atoms with Crippen LogP contribution in [0.15, 0.2) is 48.5 Å². The first-order chi connectivity index (χ1) is 13.0. The number of ether oxygens (including phenoxy) is 1. The summed E-state index contributed by atoms with van der Waals surface area (Å²) in [6.07, 6.45) is 0.239. The summed E-state index contributed by atoms with van der Waals surface area (Å²) in [5.74, 6) is -0.815. The molecule has 0 heterocycles. The number of carbonyl (C=O) groups is 3. The number of rotatable bonds is 9. The third kappa shape index (κ3) is 7.41. The molecule has 5 nitrogen and oxygen atoms in total. The molecule has 0 bridgehead atoms. The van der Waals surface area contributed by atoms with Gasteiger partial charge in [0.15, 0.2) is 5.78 Å². The zero-order valence-corrected chi connectivity index (χ0v) is 16.1. The van der Waals surface area contributed by atoms with Crippen molar-refractivity contribution < 1.29 is 19.1 Å². The Balaban J connectivity index is 1.62. The molecular weight excluding hydrogens is 389 g/mol. The molecular formula is C20H19Cl2NO4. The molecule has 2 rings (SSSR count). The van der Waals surface area contributed by atoms with E-state index in [1.807, 2.05) is 6.07 Å². The number of nitrogens with one attached hydrogen (secondary N) is 1. The first-order valence-corrected chi connectivity index (χ1v) is 9.16. The number of hydrogen-bond donors (Lipinski definition) is 1. The van der Waals surface area contributed by atoms with Gasteiger partial charge < -0.3 is 10.1 Å². The second-order valence-electron chi connectivity index (χ2n) is 5.80. The summed E-state index contributed by atoms with van der Waals surface area (Å²) >= 11 is 11.7. The van der Waals surface area contributed by atoms with Crippen LogP contribution in [0.25, 0.3) is 0 Å². The molecule has 2 aromatic carbocycles. The lowest BCUT2D eigenvalue weighted by molar-refractivity contribution is -0.144. The van der Waals surface area contributed by atoms with Gasteiger partial charge in [-0.1, -0.05) is 59.6 Å². The van der Waals surface area contributed by atoms with Crippen LogP contribution in [0.1, 0.15) is 35.2 Å². The molecule has 0 aromatic heterocycles. The van der Waals surface area contributed by atoms with Crippen molar-refractivity contribution in [2.75, 3.05) is 6.54 Å².